The van der Waals surface area contributed by atoms with Crippen LogP contribution in [0.15, 0.2) is 18.2 Å². The lowest BCUT2D eigenvalue weighted by molar-refractivity contribution is -0.157. The molecule has 0 fully saturated rings. The molecule has 1 atom stereocenters. The molecule has 0 aromatic heterocycles. The molecular formula is C16H19ClN2O4. The van der Waals surface area contributed by atoms with Crippen molar-refractivity contribution in [3.05, 3.63) is 28.8 Å². The van der Waals surface area contributed by atoms with Gasteiger partial charge >= 0.3 is 5.97 Å². The van der Waals surface area contributed by atoms with Gasteiger partial charge in [-0.05, 0) is 25.1 Å². The predicted octanol–water partition coefficient (Wildman–Crippen LogP) is 2.19. The highest BCUT2D eigenvalue weighted by Gasteiger charge is 2.22. The smallest absolute Gasteiger partial charge is 0.311 e. The number of nitrogens with zero attached hydrogens (tertiary/aromatic N) is 2. The number of halogens is 1. The summed E-state index contributed by atoms with van der Waals surface area (Å²) in [5.41, 5.74) is 0.586. The quantitative estimate of drug-likeness (QED) is 0.712. The van der Waals surface area contributed by atoms with E-state index in [1.807, 2.05) is 6.07 Å². The second-order valence-electron chi connectivity index (χ2n) is 4.93. The Labute approximate surface area is 140 Å². The molecule has 0 bridgehead atoms. The normalized spacial score (nSPS) is 11.3. The topological polar surface area (TPSA) is 79.6 Å². The average molecular weight is 339 g/mol. The number of amides is 1. The van der Waals surface area contributed by atoms with Crippen LogP contribution < -0.4 is 4.74 Å². The van der Waals surface area contributed by atoms with Gasteiger partial charge in [0.15, 0.2) is 6.10 Å². The van der Waals surface area contributed by atoms with Gasteiger partial charge in [-0.3, -0.25) is 9.59 Å². The molecule has 1 aromatic carbocycles. The summed E-state index contributed by atoms with van der Waals surface area (Å²) in [4.78, 5) is 25.4. The van der Waals surface area contributed by atoms with E-state index in [-0.39, 0.29) is 18.7 Å². The number of carbonyl (C=O) groups excluding carboxylic acids is 2. The van der Waals surface area contributed by atoms with E-state index >= 15 is 0 Å². The fourth-order valence-electron chi connectivity index (χ4n) is 1.97. The van der Waals surface area contributed by atoms with Crippen molar-refractivity contribution in [3.63, 3.8) is 0 Å². The molecule has 0 aliphatic carbocycles. The first-order valence-electron chi connectivity index (χ1n) is 7.02. The van der Waals surface area contributed by atoms with E-state index in [9.17, 15) is 9.59 Å². The van der Waals surface area contributed by atoms with Gasteiger partial charge in [-0.25, -0.2) is 0 Å². The van der Waals surface area contributed by atoms with Crippen molar-refractivity contribution in [1.82, 2.24) is 4.90 Å². The van der Waals surface area contributed by atoms with E-state index in [0.717, 1.165) is 0 Å². The van der Waals surface area contributed by atoms with E-state index in [1.165, 1.54) is 18.9 Å². The third kappa shape index (κ3) is 5.80. The summed E-state index contributed by atoms with van der Waals surface area (Å²) in [6.07, 6.45) is -0.748. The summed E-state index contributed by atoms with van der Waals surface area (Å²) in [5.74, 6) is -0.386. The minimum Gasteiger partial charge on any atom is -0.496 e. The summed E-state index contributed by atoms with van der Waals surface area (Å²) >= 11 is 5.91. The Morgan fingerprint density at radius 2 is 2.13 bits per heavy atom. The third-order valence-electron chi connectivity index (χ3n) is 3.17. The Balaban J connectivity index is 2.64. The highest BCUT2D eigenvalue weighted by Crippen LogP contribution is 2.23. The van der Waals surface area contributed by atoms with Crippen molar-refractivity contribution in [1.29, 1.82) is 5.26 Å². The lowest BCUT2D eigenvalue weighted by atomic mass is 10.1. The van der Waals surface area contributed by atoms with Gasteiger partial charge in [-0.1, -0.05) is 11.6 Å². The Kier molecular flexibility index (Phi) is 7.36. The molecule has 0 saturated heterocycles. The van der Waals surface area contributed by atoms with Crippen molar-refractivity contribution in [3.8, 4) is 11.8 Å². The summed E-state index contributed by atoms with van der Waals surface area (Å²) in [6, 6.07) is 6.89. The van der Waals surface area contributed by atoms with Gasteiger partial charge in [-0.15, -0.1) is 0 Å². The molecule has 0 radical (unpaired) electrons. The Bertz CT molecular complexity index is 613. The first-order valence-corrected chi connectivity index (χ1v) is 7.40. The Morgan fingerprint density at radius 1 is 1.43 bits per heavy atom. The molecule has 0 aliphatic rings. The number of esters is 1. The first kappa shape index (κ1) is 18.8. The lowest BCUT2D eigenvalue weighted by Gasteiger charge is -2.20. The number of rotatable bonds is 7. The molecule has 0 heterocycles. The van der Waals surface area contributed by atoms with Crippen LogP contribution in [0.4, 0.5) is 0 Å². The number of methoxy groups -OCH3 is 1. The zero-order valence-electron chi connectivity index (χ0n) is 13.3. The van der Waals surface area contributed by atoms with Gasteiger partial charge in [-0.2, -0.15) is 5.26 Å². The number of hydrogen-bond donors (Lipinski definition) is 0. The Morgan fingerprint density at radius 3 is 2.74 bits per heavy atom. The predicted molar refractivity (Wildman–Crippen MR) is 85.1 cm³/mol. The van der Waals surface area contributed by atoms with Crippen LogP contribution in [0.2, 0.25) is 5.02 Å². The van der Waals surface area contributed by atoms with Crippen LogP contribution in [-0.2, 0) is 20.7 Å². The number of carbonyl (C=O) groups is 2. The van der Waals surface area contributed by atoms with Gasteiger partial charge in [0.2, 0.25) is 0 Å². The standard InChI is InChI=1S/C16H19ClN2O4/c1-11(16(21)19(2)8-4-7-18)23-15(20)10-12-9-13(17)5-6-14(12)22-3/h5-6,9,11H,4,8,10H2,1-3H3/t11-/m1/s1. The molecule has 1 rings (SSSR count). The third-order valence-corrected chi connectivity index (χ3v) is 3.40. The van der Waals surface area contributed by atoms with E-state index in [4.69, 9.17) is 26.3 Å². The first-order chi connectivity index (χ1) is 10.9. The van der Waals surface area contributed by atoms with Crippen LogP contribution in [0.25, 0.3) is 0 Å². The highest BCUT2D eigenvalue weighted by molar-refractivity contribution is 6.30. The maximum atomic E-state index is 12.0. The number of nitriles is 1. The average Bonchev–Trinajstić information content (AvgIpc) is 2.51. The maximum Gasteiger partial charge on any atom is 0.311 e. The summed E-state index contributed by atoms with van der Waals surface area (Å²) in [6.45, 7) is 1.79. The number of likely N-dealkylation sites (N-methyl/N-ethyl adjacent to an activating group) is 1. The van der Waals surface area contributed by atoms with Crippen LogP contribution in [0.5, 0.6) is 5.75 Å². The van der Waals surface area contributed by atoms with Crippen molar-refractivity contribution >= 4 is 23.5 Å². The van der Waals surface area contributed by atoms with E-state index < -0.39 is 12.1 Å². The van der Waals surface area contributed by atoms with Gasteiger partial charge in [0.25, 0.3) is 5.91 Å². The van der Waals surface area contributed by atoms with E-state index in [0.29, 0.717) is 22.9 Å². The molecule has 0 aliphatic heterocycles. The van der Waals surface area contributed by atoms with Crippen molar-refractivity contribution in [2.24, 2.45) is 0 Å². The SMILES string of the molecule is COc1ccc(Cl)cc1CC(=O)O[C@H](C)C(=O)N(C)CCC#N. The van der Waals surface area contributed by atoms with E-state index in [1.54, 1.807) is 25.2 Å². The number of ether oxygens (including phenoxy) is 2. The van der Waals surface area contributed by atoms with Crippen LogP contribution in [0.1, 0.15) is 18.9 Å². The molecule has 0 N–H and O–H groups in total. The van der Waals surface area contributed by atoms with Crippen LogP contribution >= 0.6 is 11.6 Å². The van der Waals surface area contributed by atoms with Crippen LogP contribution in [0.3, 0.4) is 0 Å². The molecule has 0 unspecified atom stereocenters. The second-order valence-corrected chi connectivity index (χ2v) is 5.37. The number of benzene rings is 1. The minimum atomic E-state index is -0.920. The van der Waals surface area contributed by atoms with Gasteiger partial charge < -0.3 is 14.4 Å². The molecule has 23 heavy (non-hydrogen) atoms. The minimum absolute atomic E-state index is 0.0523. The van der Waals surface area contributed by atoms with Gasteiger partial charge in [0.1, 0.15) is 5.75 Å². The van der Waals surface area contributed by atoms with Crippen molar-refractivity contribution in [2.75, 3.05) is 20.7 Å². The summed E-state index contributed by atoms with van der Waals surface area (Å²) in [5, 5.41) is 9.00. The van der Waals surface area contributed by atoms with Crippen LogP contribution in [-0.4, -0.2) is 43.6 Å². The molecular weight excluding hydrogens is 320 g/mol. The largest absolute Gasteiger partial charge is 0.496 e. The molecule has 6 nitrogen and oxygen atoms in total. The number of hydrogen-bond acceptors (Lipinski definition) is 5. The van der Waals surface area contributed by atoms with Gasteiger partial charge in [0.05, 0.1) is 26.0 Å². The van der Waals surface area contributed by atoms with Crippen molar-refractivity contribution < 1.29 is 19.1 Å². The molecule has 124 valence electrons. The molecule has 1 amide bonds. The zero-order valence-corrected chi connectivity index (χ0v) is 14.1. The highest BCUT2D eigenvalue weighted by atomic mass is 35.5. The molecule has 0 spiro atoms. The van der Waals surface area contributed by atoms with E-state index in [2.05, 4.69) is 0 Å². The fraction of sp³-hybridized carbons (Fsp3) is 0.438. The summed E-state index contributed by atoms with van der Waals surface area (Å²) < 4.78 is 10.3. The summed E-state index contributed by atoms with van der Waals surface area (Å²) in [7, 11) is 3.05. The Hall–Kier alpha value is -2.26. The van der Waals surface area contributed by atoms with Gasteiger partial charge in [0, 0.05) is 24.2 Å². The lowest BCUT2D eigenvalue weighted by Crippen LogP contribution is -2.38. The molecule has 7 heteroatoms. The van der Waals surface area contributed by atoms with Crippen LogP contribution in [0, 0.1) is 11.3 Å². The zero-order chi connectivity index (χ0) is 17.4. The molecule has 1 aromatic rings. The fourth-order valence-corrected chi connectivity index (χ4v) is 2.16. The maximum absolute atomic E-state index is 12.0. The van der Waals surface area contributed by atoms with Crippen molar-refractivity contribution in [2.45, 2.75) is 25.9 Å². The molecule has 0 saturated carbocycles. The monoisotopic (exact) mass is 338 g/mol. The second kappa shape index (κ2) is 9.01.